The maximum absolute atomic E-state index is 6.96. The molecule has 0 atom stereocenters. The normalized spacial score (nSPS) is 12.8. The summed E-state index contributed by atoms with van der Waals surface area (Å²) in [5, 5.41) is 0. The quantitative estimate of drug-likeness (QED) is 0.133. The van der Waals surface area contributed by atoms with Gasteiger partial charge in [0.2, 0.25) is 0 Å². The van der Waals surface area contributed by atoms with Gasteiger partial charge in [0.25, 0.3) is 0 Å². The van der Waals surface area contributed by atoms with Crippen molar-refractivity contribution < 1.29 is 13.6 Å². The van der Waals surface area contributed by atoms with Gasteiger partial charge >= 0.3 is 8.60 Å². The molecular formula is C44H67O3P. The van der Waals surface area contributed by atoms with Gasteiger partial charge in [-0.2, -0.15) is 0 Å². The first kappa shape index (κ1) is 39.9. The van der Waals surface area contributed by atoms with Gasteiger partial charge in [-0.1, -0.05) is 159 Å². The van der Waals surface area contributed by atoms with E-state index in [1.54, 1.807) is 0 Å². The fourth-order valence-electron chi connectivity index (χ4n) is 5.89. The molecule has 0 fully saturated rings. The minimum atomic E-state index is -1.85. The molecule has 266 valence electrons. The Balaban J connectivity index is 2.05. The van der Waals surface area contributed by atoms with Crippen LogP contribution < -0.4 is 13.6 Å². The van der Waals surface area contributed by atoms with Crippen LogP contribution in [-0.2, 0) is 28.1 Å². The molecule has 0 heterocycles. The van der Waals surface area contributed by atoms with Crippen molar-refractivity contribution in [2.24, 2.45) is 0 Å². The Labute approximate surface area is 296 Å². The van der Waals surface area contributed by atoms with Crippen LogP contribution in [0.1, 0.15) is 167 Å². The van der Waals surface area contributed by atoms with Gasteiger partial charge in [0.15, 0.2) is 0 Å². The van der Waals surface area contributed by atoms with Gasteiger partial charge in [0.05, 0.1) is 0 Å². The first-order chi connectivity index (χ1) is 22.1. The molecule has 0 amide bonds. The summed E-state index contributed by atoms with van der Waals surface area (Å²) < 4.78 is 20.6. The zero-order chi connectivity index (χ0) is 36.1. The summed E-state index contributed by atoms with van der Waals surface area (Å²) >= 11 is 0. The minimum absolute atomic E-state index is 0.0196. The van der Waals surface area contributed by atoms with Crippen LogP contribution >= 0.6 is 8.60 Å². The average Bonchev–Trinajstić information content (AvgIpc) is 2.95. The zero-order valence-corrected chi connectivity index (χ0v) is 34.1. The molecule has 0 aliphatic rings. The molecular weight excluding hydrogens is 607 g/mol. The van der Waals surface area contributed by atoms with E-state index in [0.29, 0.717) is 0 Å². The largest absolute Gasteiger partial charge is 0.530 e. The van der Waals surface area contributed by atoms with Crippen molar-refractivity contribution in [1.29, 1.82) is 0 Å². The molecule has 0 radical (unpaired) electrons. The molecule has 0 spiro atoms. The zero-order valence-electron chi connectivity index (χ0n) is 33.2. The molecule has 0 bridgehead atoms. The molecule has 48 heavy (non-hydrogen) atoms. The minimum Gasteiger partial charge on any atom is -0.409 e. The van der Waals surface area contributed by atoms with Crippen molar-refractivity contribution in [3.8, 4) is 17.2 Å². The summed E-state index contributed by atoms with van der Waals surface area (Å²) in [6.07, 6.45) is 8.91. The number of unbranched alkanes of at least 4 members (excludes halogenated alkanes) is 5. The number of aryl methyl sites for hydroxylation is 3. The Morgan fingerprint density at radius 1 is 0.500 bits per heavy atom. The summed E-state index contributed by atoms with van der Waals surface area (Å²) in [6.45, 7) is 33.7. The van der Waals surface area contributed by atoms with Gasteiger partial charge in [-0.15, -0.1) is 0 Å². The second-order valence-corrected chi connectivity index (χ2v) is 19.0. The van der Waals surface area contributed by atoms with E-state index in [-0.39, 0.29) is 21.7 Å². The van der Waals surface area contributed by atoms with Crippen LogP contribution in [0.3, 0.4) is 0 Å². The van der Waals surface area contributed by atoms with E-state index in [1.165, 1.54) is 55.2 Å². The highest BCUT2D eigenvalue weighted by atomic mass is 31.2. The van der Waals surface area contributed by atoms with Gasteiger partial charge in [-0.05, 0) is 88.3 Å². The van der Waals surface area contributed by atoms with Crippen LogP contribution in [0.2, 0.25) is 0 Å². The standard InChI is InChI=1S/C44H67O3P/c1-16-17-18-19-20-21-22-33-23-25-36(26-24-33)45-48(46-39-31(2)27-34(41(4,5)6)29-37(39)43(10,11)12)47-40-32(3)28-35(42(7,8)9)30-38(40)44(13,14)15/h23-30H,16-22H2,1-15H3. The van der Waals surface area contributed by atoms with Crippen molar-refractivity contribution in [3.05, 3.63) is 87.5 Å². The van der Waals surface area contributed by atoms with Crippen LogP contribution in [0.4, 0.5) is 0 Å². The van der Waals surface area contributed by atoms with Crippen molar-refractivity contribution in [2.75, 3.05) is 0 Å². The Morgan fingerprint density at radius 3 is 1.31 bits per heavy atom. The third-order valence-corrected chi connectivity index (χ3v) is 10.2. The number of benzene rings is 3. The fourth-order valence-corrected chi connectivity index (χ4v) is 7.08. The molecule has 0 N–H and O–H groups in total. The van der Waals surface area contributed by atoms with E-state index >= 15 is 0 Å². The Bertz CT molecular complexity index is 1390. The summed E-state index contributed by atoms with van der Waals surface area (Å²) in [5.41, 5.74) is 8.22. The van der Waals surface area contributed by atoms with E-state index in [9.17, 15) is 0 Å². The Morgan fingerprint density at radius 2 is 0.917 bits per heavy atom. The van der Waals surface area contributed by atoms with Crippen molar-refractivity contribution in [3.63, 3.8) is 0 Å². The molecule has 0 saturated heterocycles. The molecule has 4 heteroatoms. The molecule has 3 aromatic rings. The molecule has 3 aromatic carbocycles. The lowest BCUT2D eigenvalue weighted by molar-refractivity contribution is 0.374. The molecule has 0 saturated carbocycles. The maximum Gasteiger partial charge on any atom is 0.530 e. The molecule has 3 rings (SSSR count). The number of hydrogen-bond acceptors (Lipinski definition) is 3. The highest BCUT2D eigenvalue weighted by Crippen LogP contribution is 2.50. The van der Waals surface area contributed by atoms with Gasteiger partial charge in [0, 0.05) is 11.1 Å². The van der Waals surface area contributed by atoms with E-state index in [2.05, 4.69) is 152 Å². The van der Waals surface area contributed by atoms with E-state index in [1.807, 2.05) is 0 Å². The first-order valence-corrected chi connectivity index (χ1v) is 19.4. The van der Waals surface area contributed by atoms with E-state index in [4.69, 9.17) is 13.6 Å². The molecule has 0 unspecified atom stereocenters. The predicted octanol–water partition coefficient (Wildman–Crippen LogP) is 14.2. The van der Waals surface area contributed by atoms with E-state index < -0.39 is 8.60 Å². The predicted molar refractivity (Wildman–Crippen MR) is 209 cm³/mol. The monoisotopic (exact) mass is 674 g/mol. The van der Waals surface area contributed by atoms with Crippen LogP contribution in [0.25, 0.3) is 0 Å². The highest BCUT2D eigenvalue weighted by Gasteiger charge is 2.32. The first-order valence-electron chi connectivity index (χ1n) is 18.4. The number of hydrogen-bond donors (Lipinski definition) is 0. The van der Waals surface area contributed by atoms with Crippen molar-refractivity contribution in [1.82, 2.24) is 0 Å². The van der Waals surface area contributed by atoms with Crippen LogP contribution in [0.15, 0.2) is 48.5 Å². The molecule has 0 aliphatic heterocycles. The maximum atomic E-state index is 6.96. The van der Waals surface area contributed by atoms with Crippen LogP contribution in [-0.4, -0.2) is 0 Å². The summed E-state index contributed by atoms with van der Waals surface area (Å²) in [5.74, 6) is 2.46. The summed E-state index contributed by atoms with van der Waals surface area (Å²) in [4.78, 5) is 0. The summed E-state index contributed by atoms with van der Waals surface area (Å²) in [7, 11) is -1.85. The number of rotatable bonds is 13. The molecule has 0 aliphatic carbocycles. The Kier molecular flexibility index (Phi) is 13.3. The SMILES string of the molecule is CCCCCCCCc1ccc(OP(Oc2c(C)cc(C(C)(C)C)cc2C(C)(C)C)Oc2c(C)cc(C(C)(C)C)cc2C(C)(C)C)cc1. The third kappa shape index (κ3) is 11.3. The fraction of sp³-hybridized carbons (Fsp3) is 0.591. The molecule has 3 nitrogen and oxygen atoms in total. The topological polar surface area (TPSA) is 27.7 Å². The second-order valence-electron chi connectivity index (χ2n) is 18.0. The second kappa shape index (κ2) is 16.0. The van der Waals surface area contributed by atoms with Crippen LogP contribution in [0.5, 0.6) is 17.2 Å². The third-order valence-electron chi connectivity index (χ3n) is 9.15. The molecule has 0 aromatic heterocycles. The highest BCUT2D eigenvalue weighted by molar-refractivity contribution is 7.43. The average molecular weight is 675 g/mol. The lowest BCUT2D eigenvalue weighted by atomic mass is 9.79. The Hall–Kier alpha value is -2.51. The van der Waals surface area contributed by atoms with Gasteiger partial charge in [-0.3, -0.25) is 0 Å². The van der Waals surface area contributed by atoms with Crippen molar-refractivity contribution in [2.45, 2.75) is 170 Å². The van der Waals surface area contributed by atoms with Gasteiger partial charge < -0.3 is 13.6 Å². The van der Waals surface area contributed by atoms with Crippen molar-refractivity contribution >= 4 is 8.60 Å². The lowest BCUT2D eigenvalue weighted by Gasteiger charge is -2.31. The van der Waals surface area contributed by atoms with Crippen LogP contribution in [0, 0.1) is 13.8 Å². The van der Waals surface area contributed by atoms with Gasteiger partial charge in [0.1, 0.15) is 17.2 Å². The van der Waals surface area contributed by atoms with Gasteiger partial charge in [-0.25, -0.2) is 0 Å². The lowest BCUT2D eigenvalue weighted by Crippen LogP contribution is -2.20. The summed E-state index contributed by atoms with van der Waals surface area (Å²) in [6, 6.07) is 17.7. The van der Waals surface area contributed by atoms with E-state index in [0.717, 1.165) is 45.9 Å². The smallest absolute Gasteiger partial charge is 0.409 e.